The van der Waals surface area contributed by atoms with Crippen molar-refractivity contribution in [2.75, 3.05) is 4.90 Å². The van der Waals surface area contributed by atoms with Gasteiger partial charge in [0.05, 0.1) is 6.04 Å². The molecule has 6 nitrogen and oxygen atoms in total. The molecule has 2 amide bonds. The Morgan fingerprint density at radius 1 is 1.15 bits per heavy atom. The maximum Gasteiger partial charge on any atom is 0.475 e. The van der Waals surface area contributed by atoms with E-state index in [0.717, 1.165) is 17.7 Å². The number of nitrogens with zero attached hydrogens (tertiary/aromatic N) is 1. The van der Waals surface area contributed by atoms with Crippen molar-refractivity contribution in [3.8, 4) is 0 Å². The number of hydrogen-bond donors (Lipinski definition) is 1. The molecule has 0 aromatic heterocycles. The van der Waals surface area contributed by atoms with Crippen LogP contribution in [0, 0.1) is 0 Å². The lowest BCUT2D eigenvalue weighted by atomic mass is 9.94. The van der Waals surface area contributed by atoms with Gasteiger partial charge in [0.25, 0.3) is 5.91 Å². The molecular formula is C23H25F3N2O4S. The lowest BCUT2D eigenvalue weighted by molar-refractivity contribution is -0.121. The van der Waals surface area contributed by atoms with Gasteiger partial charge in [0, 0.05) is 17.0 Å². The average molecular weight is 483 g/mol. The smallest absolute Gasteiger partial charge is 0.444 e. The first kappa shape index (κ1) is 24.8. The normalized spacial score (nSPS) is 18.3. The summed E-state index contributed by atoms with van der Waals surface area (Å²) in [4.78, 5) is 26.6. The first-order valence-electron chi connectivity index (χ1n) is 10.3. The molecule has 0 bridgehead atoms. The summed E-state index contributed by atoms with van der Waals surface area (Å²) in [6.07, 6.45) is -0.712. The number of anilines is 1. The number of halogens is 3. The third kappa shape index (κ3) is 5.73. The van der Waals surface area contributed by atoms with E-state index in [4.69, 9.17) is 4.74 Å². The Labute approximate surface area is 192 Å². The van der Waals surface area contributed by atoms with Crippen molar-refractivity contribution in [1.82, 2.24) is 5.32 Å². The topological polar surface area (TPSA) is 75.7 Å². The van der Waals surface area contributed by atoms with E-state index < -0.39 is 50.9 Å². The van der Waals surface area contributed by atoms with Crippen LogP contribution < -0.4 is 10.2 Å². The standard InChI is InChI=1S/C23H25F3N2O4S/c1-14(15-8-6-5-7-9-15)28-19-13-17(33(31)23(24,25)26)11-10-16(19)12-18(20(28)29)27-21(30)32-22(2,3)4/h5-11,13-14,18H,12H2,1-4H3,(H,27,30)/t14?,18-,33?/m1/s1. The van der Waals surface area contributed by atoms with Crippen LogP contribution in [-0.4, -0.2) is 33.4 Å². The summed E-state index contributed by atoms with van der Waals surface area (Å²) in [6.45, 7) is 6.81. The molecule has 2 aromatic carbocycles. The Balaban J connectivity index is 2.03. The molecule has 3 atom stereocenters. The summed E-state index contributed by atoms with van der Waals surface area (Å²) >= 11 is 0. The first-order chi connectivity index (χ1) is 15.3. The summed E-state index contributed by atoms with van der Waals surface area (Å²) in [7, 11) is -3.24. The monoisotopic (exact) mass is 482 g/mol. The van der Waals surface area contributed by atoms with Gasteiger partial charge in [-0.25, -0.2) is 9.00 Å². The van der Waals surface area contributed by atoms with Crippen LogP contribution in [-0.2, 0) is 26.8 Å². The first-order valence-corrected chi connectivity index (χ1v) is 11.4. The van der Waals surface area contributed by atoms with Crippen molar-refractivity contribution in [2.24, 2.45) is 0 Å². The predicted octanol–water partition coefficient (Wildman–Crippen LogP) is 4.86. The van der Waals surface area contributed by atoms with Crippen molar-refractivity contribution in [2.45, 2.75) is 62.2 Å². The molecule has 0 fully saturated rings. The molecule has 33 heavy (non-hydrogen) atoms. The van der Waals surface area contributed by atoms with Crippen LogP contribution in [0.4, 0.5) is 23.7 Å². The fourth-order valence-electron chi connectivity index (χ4n) is 3.63. The van der Waals surface area contributed by atoms with E-state index in [0.29, 0.717) is 5.56 Å². The van der Waals surface area contributed by atoms with Crippen molar-refractivity contribution < 1.29 is 31.7 Å². The van der Waals surface area contributed by atoms with E-state index >= 15 is 0 Å². The Hall–Kier alpha value is -2.88. The summed E-state index contributed by atoms with van der Waals surface area (Å²) in [5.74, 6) is -0.500. The molecule has 0 saturated heterocycles. The average Bonchev–Trinajstić information content (AvgIpc) is 2.71. The van der Waals surface area contributed by atoms with Crippen LogP contribution >= 0.6 is 0 Å². The number of benzene rings is 2. The number of alkyl halides is 3. The molecule has 2 aromatic rings. The van der Waals surface area contributed by atoms with E-state index in [1.807, 2.05) is 0 Å². The van der Waals surface area contributed by atoms with Gasteiger partial charge in [0.15, 0.2) is 10.8 Å². The highest BCUT2D eigenvalue weighted by molar-refractivity contribution is 7.86. The lowest BCUT2D eigenvalue weighted by Gasteiger charge is -2.38. The fraction of sp³-hybridized carbons (Fsp3) is 0.391. The van der Waals surface area contributed by atoms with Crippen LogP contribution in [0.25, 0.3) is 0 Å². The van der Waals surface area contributed by atoms with Crippen molar-refractivity contribution in [3.63, 3.8) is 0 Å². The number of rotatable bonds is 4. The van der Waals surface area contributed by atoms with E-state index in [-0.39, 0.29) is 12.1 Å². The number of carbonyl (C=O) groups excluding carboxylic acids is 2. The molecule has 1 N–H and O–H groups in total. The SMILES string of the molecule is CC(c1ccccc1)N1C(=O)[C@H](NC(=O)OC(C)(C)C)Cc2ccc(S(=O)C(F)(F)F)cc21. The summed E-state index contributed by atoms with van der Waals surface area (Å²) in [6, 6.07) is 11.1. The molecule has 2 unspecified atom stereocenters. The second-order valence-electron chi connectivity index (χ2n) is 8.70. The highest BCUT2D eigenvalue weighted by atomic mass is 32.2. The van der Waals surface area contributed by atoms with Crippen LogP contribution in [0.1, 0.15) is 44.9 Å². The van der Waals surface area contributed by atoms with Crippen LogP contribution in [0.2, 0.25) is 0 Å². The van der Waals surface area contributed by atoms with Gasteiger partial charge in [-0.05, 0) is 51.0 Å². The van der Waals surface area contributed by atoms with Gasteiger partial charge in [-0.3, -0.25) is 4.79 Å². The van der Waals surface area contributed by atoms with Gasteiger partial charge < -0.3 is 15.0 Å². The number of nitrogens with one attached hydrogen (secondary N) is 1. The van der Waals surface area contributed by atoms with Crippen LogP contribution in [0.15, 0.2) is 53.4 Å². The molecule has 0 spiro atoms. The Kier molecular flexibility index (Phi) is 6.88. The second kappa shape index (κ2) is 9.17. The fourth-order valence-corrected chi connectivity index (χ4v) is 4.30. The molecule has 178 valence electrons. The number of ether oxygens (including phenoxy) is 1. The highest BCUT2D eigenvalue weighted by Crippen LogP contribution is 2.38. The van der Waals surface area contributed by atoms with Gasteiger partial charge in [-0.2, -0.15) is 13.2 Å². The maximum absolute atomic E-state index is 13.4. The summed E-state index contributed by atoms with van der Waals surface area (Å²) in [5.41, 5.74) is -4.18. The van der Waals surface area contributed by atoms with E-state index in [9.17, 15) is 27.0 Å². The van der Waals surface area contributed by atoms with Crippen LogP contribution in [0.3, 0.4) is 0 Å². The van der Waals surface area contributed by atoms with Gasteiger partial charge >= 0.3 is 11.6 Å². The minimum absolute atomic E-state index is 0.0599. The van der Waals surface area contributed by atoms with Crippen molar-refractivity contribution >= 4 is 28.5 Å². The molecule has 10 heteroatoms. The van der Waals surface area contributed by atoms with Crippen molar-refractivity contribution in [3.05, 3.63) is 59.7 Å². The maximum atomic E-state index is 13.4. The molecule has 1 aliphatic heterocycles. The third-order valence-electron chi connectivity index (χ3n) is 5.06. The minimum Gasteiger partial charge on any atom is -0.444 e. The summed E-state index contributed by atoms with van der Waals surface area (Å²) < 4.78 is 56.4. The number of fused-ring (bicyclic) bond motifs is 1. The molecule has 0 radical (unpaired) electrons. The van der Waals surface area contributed by atoms with E-state index in [1.165, 1.54) is 11.0 Å². The minimum atomic E-state index is -4.93. The van der Waals surface area contributed by atoms with Gasteiger partial charge in [0.2, 0.25) is 0 Å². The zero-order valence-electron chi connectivity index (χ0n) is 18.6. The Bertz CT molecular complexity index is 1070. The van der Waals surface area contributed by atoms with Gasteiger partial charge in [-0.1, -0.05) is 36.4 Å². The predicted molar refractivity (Wildman–Crippen MR) is 118 cm³/mol. The van der Waals surface area contributed by atoms with E-state index in [2.05, 4.69) is 5.32 Å². The molecular weight excluding hydrogens is 457 g/mol. The lowest BCUT2D eigenvalue weighted by Crippen LogP contribution is -2.54. The van der Waals surface area contributed by atoms with Crippen LogP contribution in [0.5, 0.6) is 0 Å². The quantitative estimate of drug-likeness (QED) is 0.676. The molecule has 0 aliphatic carbocycles. The number of amides is 2. The zero-order chi connectivity index (χ0) is 24.6. The molecule has 1 aliphatic rings. The zero-order valence-corrected chi connectivity index (χ0v) is 19.4. The number of hydrogen-bond acceptors (Lipinski definition) is 4. The van der Waals surface area contributed by atoms with Gasteiger partial charge in [-0.15, -0.1) is 0 Å². The number of alkyl carbamates (subject to hydrolysis) is 1. The molecule has 0 saturated carbocycles. The number of carbonyl (C=O) groups is 2. The van der Waals surface area contributed by atoms with Crippen molar-refractivity contribution in [1.29, 1.82) is 0 Å². The molecule has 3 rings (SSSR count). The summed E-state index contributed by atoms with van der Waals surface area (Å²) in [5, 5.41) is 2.57. The largest absolute Gasteiger partial charge is 0.475 e. The van der Waals surface area contributed by atoms with Gasteiger partial charge in [0.1, 0.15) is 11.6 Å². The Morgan fingerprint density at radius 3 is 2.36 bits per heavy atom. The third-order valence-corrected chi connectivity index (χ3v) is 6.16. The highest BCUT2D eigenvalue weighted by Gasteiger charge is 2.41. The molecule has 1 heterocycles. The van der Waals surface area contributed by atoms with E-state index in [1.54, 1.807) is 58.0 Å². The second-order valence-corrected chi connectivity index (χ2v) is 10.2. The Morgan fingerprint density at radius 2 is 1.79 bits per heavy atom.